The maximum atomic E-state index is 12.3. The molecule has 1 aromatic carbocycles. The van der Waals surface area contributed by atoms with Gasteiger partial charge in [0.15, 0.2) is 0 Å². The van der Waals surface area contributed by atoms with Gasteiger partial charge >= 0.3 is 5.97 Å². The van der Waals surface area contributed by atoms with Crippen LogP contribution in [0.3, 0.4) is 0 Å². The molecular formula is C17H22N2O3. The Labute approximate surface area is 131 Å². The van der Waals surface area contributed by atoms with Crippen molar-refractivity contribution in [3.63, 3.8) is 0 Å². The Morgan fingerprint density at radius 3 is 2.41 bits per heavy atom. The number of carbonyl (C=O) groups is 2. The van der Waals surface area contributed by atoms with Gasteiger partial charge in [-0.15, -0.1) is 0 Å². The summed E-state index contributed by atoms with van der Waals surface area (Å²) in [5.74, 6) is -0.753. The smallest absolute Gasteiger partial charge is 0.328 e. The number of methoxy groups -OCH3 is 1. The monoisotopic (exact) mass is 302 g/mol. The first-order valence-electron chi connectivity index (χ1n) is 7.32. The molecule has 0 aromatic heterocycles. The Morgan fingerprint density at radius 2 is 1.86 bits per heavy atom. The summed E-state index contributed by atoms with van der Waals surface area (Å²) in [4.78, 5) is 24.1. The van der Waals surface area contributed by atoms with Crippen LogP contribution in [0.1, 0.15) is 47.2 Å². The molecular weight excluding hydrogens is 280 g/mol. The third-order valence-electron chi connectivity index (χ3n) is 3.31. The number of aryl methyl sites for hydroxylation is 2. The predicted octanol–water partition coefficient (Wildman–Crippen LogP) is 2.66. The number of hydrogen-bond acceptors (Lipinski definition) is 4. The minimum atomic E-state index is -0.683. The van der Waals surface area contributed by atoms with Crippen LogP contribution in [-0.4, -0.2) is 25.0 Å². The second kappa shape index (κ2) is 8.83. The van der Waals surface area contributed by atoms with Crippen molar-refractivity contribution >= 4 is 11.9 Å². The molecule has 1 rings (SSSR count). The van der Waals surface area contributed by atoms with Crippen molar-refractivity contribution in [3.8, 4) is 6.07 Å². The van der Waals surface area contributed by atoms with E-state index in [1.54, 1.807) is 12.1 Å². The average Bonchev–Trinajstić information content (AvgIpc) is 2.48. The van der Waals surface area contributed by atoms with E-state index < -0.39 is 12.0 Å². The highest BCUT2D eigenvalue weighted by Crippen LogP contribution is 2.11. The number of nitriles is 1. The molecule has 22 heavy (non-hydrogen) atoms. The summed E-state index contributed by atoms with van der Waals surface area (Å²) in [5, 5.41) is 11.2. The minimum Gasteiger partial charge on any atom is -0.467 e. The van der Waals surface area contributed by atoms with Gasteiger partial charge in [0, 0.05) is 12.0 Å². The summed E-state index contributed by atoms with van der Waals surface area (Å²) in [6.45, 7) is 3.84. The summed E-state index contributed by atoms with van der Waals surface area (Å²) in [7, 11) is 1.30. The van der Waals surface area contributed by atoms with Gasteiger partial charge in [-0.1, -0.05) is 17.2 Å². The lowest BCUT2D eigenvalue weighted by molar-refractivity contribution is -0.143. The van der Waals surface area contributed by atoms with Crippen molar-refractivity contribution in [2.75, 3.05) is 7.11 Å². The van der Waals surface area contributed by atoms with Gasteiger partial charge < -0.3 is 10.1 Å². The molecule has 1 N–H and O–H groups in total. The molecule has 0 aliphatic rings. The molecule has 0 saturated heterocycles. The quantitative estimate of drug-likeness (QED) is 0.620. The molecule has 0 heterocycles. The molecule has 0 fully saturated rings. The van der Waals surface area contributed by atoms with Gasteiger partial charge in [-0.05, 0) is 45.2 Å². The van der Waals surface area contributed by atoms with E-state index >= 15 is 0 Å². The van der Waals surface area contributed by atoms with Gasteiger partial charge in [0.25, 0.3) is 5.91 Å². The molecule has 1 atom stereocenters. The van der Waals surface area contributed by atoms with Crippen molar-refractivity contribution in [1.82, 2.24) is 5.32 Å². The predicted molar refractivity (Wildman–Crippen MR) is 83.3 cm³/mol. The van der Waals surface area contributed by atoms with Crippen LogP contribution in [0, 0.1) is 25.2 Å². The lowest BCUT2D eigenvalue weighted by Gasteiger charge is -2.16. The van der Waals surface area contributed by atoms with Gasteiger partial charge in [0.1, 0.15) is 6.04 Å². The third-order valence-corrected chi connectivity index (χ3v) is 3.31. The maximum absolute atomic E-state index is 12.3. The molecule has 0 saturated carbocycles. The largest absolute Gasteiger partial charge is 0.467 e. The normalized spacial score (nSPS) is 11.4. The van der Waals surface area contributed by atoms with E-state index in [1.165, 1.54) is 7.11 Å². The standard InChI is InChI=1S/C17H22N2O3/c1-12-9-13(2)11-14(10-12)16(20)19-15(17(21)22-3)7-5-4-6-8-18/h9-11,15H,4-7H2,1-3H3,(H,19,20)/t15-/m1/s1. The van der Waals surface area contributed by atoms with E-state index in [0.717, 1.165) is 11.1 Å². The van der Waals surface area contributed by atoms with E-state index in [-0.39, 0.29) is 5.91 Å². The van der Waals surface area contributed by atoms with Crippen molar-refractivity contribution < 1.29 is 14.3 Å². The molecule has 0 aliphatic carbocycles. The maximum Gasteiger partial charge on any atom is 0.328 e. The van der Waals surface area contributed by atoms with Crippen molar-refractivity contribution in [2.45, 2.75) is 45.6 Å². The zero-order valence-electron chi connectivity index (χ0n) is 13.3. The zero-order chi connectivity index (χ0) is 16.5. The topological polar surface area (TPSA) is 79.2 Å². The van der Waals surface area contributed by atoms with Crippen LogP contribution in [-0.2, 0) is 9.53 Å². The number of rotatable bonds is 7. The van der Waals surface area contributed by atoms with Gasteiger partial charge in [-0.25, -0.2) is 4.79 Å². The van der Waals surface area contributed by atoms with Gasteiger partial charge in [-0.3, -0.25) is 4.79 Å². The Morgan fingerprint density at radius 1 is 1.23 bits per heavy atom. The highest BCUT2D eigenvalue weighted by atomic mass is 16.5. The molecule has 0 radical (unpaired) electrons. The first-order chi connectivity index (χ1) is 10.5. The van der Waals surface area contributed by atoms with E-state index in [4.69, 9.17) is 10.00 Å². The second-order valence-electron chi connectivity index (χ2n) is 5.33. The van der Waals surface area contributed by atoms with E-state index in [9.17, 15) is 9.59 Å². The van der Waals surface area contributed by atoms with Crippen LogP contribution >= 0.6 is 0 Å². The summed E-state index contributed by atoms with van der Waals surface area (Å²) >= 11 is 0. The fourth-order valence-electron chi connectivity index (χ4n) is 2.29. The first-order valence-corrected chi connectivity index (χ1v) is 7.32. The van der Waals surface area contributed by atoms with Crippen LogP contribution in [0.5, 0.6) is 0 Å². The van der Waals surface area contributed by atoms with Crippen LogP contribution < -0.4 is 5.32 Å². The van der Waals surface area contributed by atoms with E-state index in [2.05, 4.69) is 11.4 Å². The number of unbranched alkanes of at least 4 members (excludes halogenated alkanes) is 2. The second-order valence-corrected chi connectivity index (χ2v) is 5.33. The Balaban J connectivity index is 2.73. The Kier molecular flexibility index (Phi) is 7.11. The number of nitrogens with zero attached hydrogens (tertiary/aromatic N) is 1. The van der Waals surface area contributed by atoms with Crippen molar-refractivity contribution in [3.05, 3.63) is 34.9 Å². The highest BCUT2D eigenvalue weighted by Gasteiger charge is 2.21. The van der Waals surface area contributed by atoms with E-state index in [0.29, 0.717) is 31.2 Å². The van der Waals surface area contributed by atoms with E-state index in [1.807, 2.05) is 19.9 Å². The molecule has 0 aliphatic heterocycles. The number of carbonyl (C=O) groups excluding carboxylic acids is 2. The SMILES string of the molecule is COC(=O)[C@@H](CCCCC#N)NC(=O)c1cc(C)cc(C)c1. The number of nitrogens with one attached hydrogen (secondary N) is 1. The first kappa shape index (κ1) is 17.7. The summed E-state index contributed by atoms with van der Waals surface area (Å²) in [5.41, 5.74) is 2.52. The molecule has 1 amide bonds. The summed E-state index contributed by atoms with van der Waals surface area (Å²) in [6.07, 6.45) is 2.29. The molecule has 0 spiro atoms. The van der Waals surface area contributed by atoms with Crippen molar-refractivity contribution in [2.24, 2.45) is 0 Å². The highest BCUT2D eigenvalue weighted by molar-refractivity contribution is 5.97. The number of benzene rings is 1. The van der Waals surface area contributed by atoms with Gasteiger partial charge in [-0.2, -0.15) is 5.26 Å². The minimum absolute atomic E-state index is 0.289. The number of ether oxygens (including phenoxy) is 1. The van der Waals surface area contributed by atoms with Gasteiger partial charge in [0.2, 0.25) is 0 Å². The average molecular weight is 302 g/mol. The fourth-order valence-corrected chi connectivity index (χ4v) is 2.29. The third kappa shape index (κ3) is 5.57. The number of esters is 1. The van der Waals surface area contributed by atoms with Gasteiger partial charge in [0.05, 0.1) is 13.2 Å². The molecule has 5 nitrogen and oxygen atoms in total. The van der Waals surface area contributed by atoms with Crippen LogP contribution in [0.2, 0.25) is 0 Å². The van der Waals surface area contributed by atoms with Crippen LogP contribution in [0.15, 0.2) is 18.2 Å². The lowest BCUT2D eigenvalue weighted by atomic mass is 10.0. The lowest BCUT2D eigenvalue weighted by Crippen LogP contribution is -2.41. The van der Waals surface area contributed by atoms with Crippen LogP contribution in [0.4, 0.5) is 0 Å². The summed E-state index contributed by atoms with van der Waals surface area (Å²) < 4.78 is 4.73. The Bertz CT molecular complexity index is 556. The van der Waals surface area contributed by atoms with Crippen LogP contribution in [0.25, 0.3) is 0 Å². The number of hydrogen-bond donors (Lipinski definition) is 1. The molecule has 118 valence electrons. The molecule has 1 aromatic rings. The molecule has 0 bridgehead atoms. The Hall–Kier alpha value is -2.35. The fraction of sp³-hybridized carbons (Fsp3) is 0.471. The zero-order valence-corrected chi connectivity index (χ0v) is 13.3. The summed E-state index contributed by atoms with van der Waals surface area (Å²) in [6, 6.07) is 6.93. The molecule has 5 heteroatoms. The van der Waals surface area contributed by atoms with Crippen molar-refractivity contribution in [1.29, 1.82) is 5.26 Å². The molecule has 0 unspecified atom stereocenters. The number of amides is 1.